The first-order chi connectivity index (χ1) is 8.83. The fraction of sp³-hybridized carbons (Fsp3) is 0.0769. The summed E-state index contributed by atoms with van der Waals surface area (Å²) in [6, 6.07) is 10.5. The van der Waals surface area contributed by atoms with Crippen molar-refractivity contribution in [3.05, 3.63) is 52.1 Å². The van der Waals surface area contributed by atoms with E-state index in [0.29, 0.717) is 0 Å². The molecule has 0 fully saturated rings. The summed E-state index contributed by atoms with van der Waals surface area (Å²) in [5.41, 5.74) is 1.30. The molecule has 3 aromatic rings. The van der Waals surface area contributed by atoms with Crippen molar-refractivity contribution in [2.45, 2.75) is 10.8 Å². The van der Waals surface area contributed by atoms with Crippen LogP contribution in [0.15, 0.2) is 51.5 Å². The van der Waals surface area contributed by atoms with Crippen LogP contribution in [-0.2, 0) is 5.75 Å². The second-order valence-corrected chi connectivity index (χ2v) is 6.51. The van der Waals surface area contributed by atoms with Crippen LogP contribution >= 0.6 is 39.0 Å². The number of benzene rings is 1. The highest BCUT2D eigenvalue weighted by molar-refractivity contribution is 9.10. The van der Waals surface area contributed by atoms with Crippen molar-refractivity contribution in [1.82, 2.24) is 9.97 Å². The molecular formula is C13H9BrN2S2. The second-order valence-electron chi connectivity index (χ2n) is 3.73. The lowest BCUT2D eigenvalue weighted by molar-refractivity contribution is 1.11. The van der Waals surface area contributed by atoms with Crippen LogP contribution in [0.2, 0.25) is 0 Å². The van der Waals surface area contributed by atoms with Gasteiger partial charge in [-0.05, 0) is 29.1 Å². The fourth-order valence-electron chi connectivity index (χ4n) is 1.61. The Balaban J connectivity index is 1.80. The summed E-state index contributed by atoms with van der Waals surface area (Å²) in [6.45, 7) is 0. The standard InChI is InChI=1S/C13H9BrN2S2/c14-10-3-1-9(2-4-10)7-18-13-11-5-6-17-12(11)15-8-16-13/h1-6,8H,7H2. The molecule has 0 N–H and O–H groups in total. The Bertz CT molecular complexity index is 664. The molecule has 0 saturated carbocycles. The normalized spacial score (nSPS) is 10.9. The average Bonchev–Trinajstić information content (AvgIpc) is 2.87. The van der Waals surface area contributed by atoms with E-state index in [2.05, 4.69) is 61.6 Å². The molecule has 3 rings (SSSR count). The van der Waals surface area contributed by atoms with Gasteiger partial charge in [0, 0.05) is 15.6 Å². The first-order valence-corrected chi connectivity index (χ1v) is 8.04. The molecule has 0 amide bonds. The number of thioether (sulfide) groups is 1. The molecule has 0 atom stereocenters. The third-order valence-electron chi connectivity index (χ3n) is 2.51. The highest BCUT2D eigenvalue weighted by Crippen LogP contribution is 2.29. The van der Waals surface area contributed by atoms with Crippen molar-refractivity contribution in [2.24, 2.45) is 0 Å². The maximum Gasteiger partial charge on any atom is 0.127 e. The van der Waals surface area contributed by atoms with Gasteiger partial charge in [0.15, 0.2) is 0 Å². The van der Waals surface area contributed by atoms with E-state index in [1.165, 1.54) is 5.56 Å². The van der Waals surface area contributed by atoms with Crippen molar-refractivity contribution in [3.63, 3.8) is 0 Å². The van der Waals surface area contributed by atoms with Gasteiger partial charge in [0.25, 0.3) is 0 Å². The Morgan fingerprint density at radius 2 is 1.94 bits per heavy atom. The summed E-state index contributed by atoms with van der Waals surface area (Å²) < 4.78 is 1.11. The third-order valence-corrected chi connectivity index (χ3v) is 4.94. The van der Waals surface area contributed by atoms with Gasteiger partial charge in [-0.3, -0.25) is 0 Å². The summed E-state index contributed by atoms with van der Waals surface area (Å²) in [5, 5.41) is 4.28. The summed E-state index contributed by atoms with van der Waals surface area (Å²) in [6.07, 6.45) is 1.64. The molecule has 0 radical (unpaired) electrons. The summed E-state index contributed by atoms with van der Waals surface area (Å²) in [5.74, 6) is 0.926. The predicted octanol–water partition coefficient (Wildman–Crippen LogP) is 4.75. The Kier molecular flexibility index (Phi) is 3.63. The van der Waals surface area contributed by atoms with Gasteiger partial charge in [0.2, 0.25) is 0 Å². The van der Waals surface area contributed by atoms with Crippen LogP contribution in [0.25, 0.3) is 10.2 Å². The molecule has 0 aliphatic heterocycles. The molecule has 1 aromatic carbocycles. The Morgan fingerprint density at radius 3 is 2.78 bits per heavy atom. The van der Waals surface area contributed by atoms with E-state index in [1.54, 1.807) is 29.4 Å². The van der Waals surface area contributed by atoms with Crippen LogP contribution in [0.3, 0.4) is 0 Å². The number of aromatic nitrogens is 2. The molecule has 0 saturated heterocycles. The smallest absolute Gasteiger partial charge is 0.127 e. The van der Waals surface area contributed by atoms with Crippen molar-refractivity contribution in [1.29, 1.82) is 0 Å². The molecule has 2 aromatic heterocycles. The number of fused-ring (bicyclic) bond motifs is 1. The number of hydrogen-bond donors (Lipinski definition) is 0. The minimum absolute atomic E-state index is 0.926. The zero-order valence-corrected chi connectivity index (χ0v) is 12.6. The van der Waals surface area contributed by atoms with Crippen LogP contribution < -0.4 is 0 Å². The zero-order valence-electron chi connectivity index (χ0n) is 9.34. The quantitative estimate of drug-likeness (QED) is 0.510. The first kappa shape index (κ1) is 12.1. The van der Waals surface area contributed by atoms with E-state index >= 15 is 0 Å². The van der Waals surface area contributed by atoms with Gasteiger partial charge in [-0.25, -0.2) is 9.97 Å². The minimum atomic E-state index is 0.926. The molecule has 18 heavy (non-hydrogen) atoms. The van der Waals surface area contributed by atoms with Crippen molar-refractivity contribution in [3.8, 4) is 0 Å². The SMILES string of the molecule is Brc1ccc(CSc2ncnc3sccc23)cc1. The molecule has 0 unspecified atom stereocenters. The lowest BCUT2D eigenvalue weighted by atomic mass is 10.2. The number of hydrogen-bond acceptors (Lipinski definition) is 4. The zero-order chi connectivity index (χ0) is 12.4. The monoisotopic (exact) mass is 336 g/mol. The predicted molar refractivity (Wildman–Crippen MR) is 81.1 cm³/mol. The summed E-state index contributed by atoms with van der Waals surface area (Å²) >= 11 is 6.85. The molecule has 2 heterocycles. The second kappa shape index (κ2) is 5.38. The van der Waals surface area contributed by atoms with Gasteiger partial charge in [-0.1, -0.05) is 28.1 Å². The van der Waals surface area contributed by atoms with E-state index in [4.69, 9.17) is 0 Å². The van der Waals surface area contributed by atoms with Crippen LogP contribution in [0, 0.1) is 0 Å². The van der Waals surface area contributed by atoms with Crippen LogP contribution in [-0.4, -0.2) is 9.97 Å². The van der Waals surface area contributed by atoms with E-state index in [1.807, 2.05) is 0 Å². The van der Waals surface area contributed by atoms with E-state index in [9.17, 15) is 0 Å². The van der Waals surface area contributed by atoms with Gasteiger partial charge in [0.05, 0.1) is 0 Å². The van der Waals surface area contributed by atoms with E-state index < -0.39 is 0 Å². The lowest BCUT2D eigenvalue weighted by Gasteiger charge is -2.02. The van der Waals surface area contributed by atoms with Gasteiger partial charge in [-0.2, -0.15) is 0 Å². The number of halogens is 1. The Hall–Kier alpha value is -0.910. The fourth-order valence-corrected chi connectivity index (χ4v) is 3.61. The maximum atomic E-state index is 4.36. The highest BCUT2D eigenvalue weighted by atomic mass is 79.9. The maximum absolute atomic E-state index is 4.36. The van der Waals surface area contributed by atoms with Crippen molar-refractivity contribution < 1.29 is 0 Å². The van der Waals surface area contributed by atoms with E-state index in [-0.39, 0.29) is 0 Å². The van der Waals surface area contributed by atoms with Gasteiger partial charge < -0.3 is 0 Å². The highest BCUT2D eigenvalue weighted by Gasteiger charge is 2.05. The van der Waals surface area contributed by atoms with Crippen LogP contribution in [0.4, 0.5) is 0 Å². The number of thiophene rings is 1. The lowest BCUT2D eigenvalue weighted by Crippen LogP contribution is -1.85. The topological polar surface area (TPSA) is 25.8 Å². The van der Waals surface area contributed by atoms with Crippen molar-refractivity contribution in [2.75, 3.05) is 0 Å². The molecule has 2 nitrogen and oxygen atoms in total. The van der Waals surface area contributed by atoms with Crippen LogP contribution in [0.1, 0.15) is 5.56 Å². The molecule has 0 aliphatic carbocycles. The molecule has 5 heteroatoms. The Labute approximate surface area is 122 Å². The van der Waals surface area contributed by atoms with Gasteiger partial charge in [-0.15, -0.1) is 23.1 Å². The largest absolute Gasteiger partial charge is 0.229 e. The summed E-state index contributed by atoms with van der Waals surface area (Å²) in [4.78, 5) is 9.68. The van der Waals surface area contributed by atoms with E-state index in [0.717, 1.165) is 25.5 Å². The number of nitrogens with zero attached hydrogens (tertiary/aromatic N) is 2. The molecule has 0 bridgehead atoms. The summed E-state index contributed by atoms with van der Waals surface area (Å²) in [7, 11) is 0. The third kappa shape index (κ3) is 2.58. The molecular weight excluding hydrogens is 328 g/mol. The molecule has 0 spiro atoms. The van der Waals surface area contributed by atoms with Crippen LogP contribution in [0.5, 0.6) is 0 Å². The van der Waals surface area contributed by atoms with Crippen molar-refractivity contribution >= 4 is 49.2 Å². The Morgan fingerprint density at radius 1 is 1.11 bits per heavy atom. The van der Waals surface area contributed by atoms with Gasteiger partial charge >= 0.3 is 0 Å². The first-order valence-electron chi connectivity index (χ1n) is 5.38. The minimum Gasteiger partial charge on any atom is -0.229 e. The number of rotatable bonds is 3. The average molecular weight is 337 g/mol. The van der Waals surface area contributed by atoms with Gasteiger partial charge in [0.1, 0.15) is 16.2 Å². The molecule has 0 aliphatic rings. The molecule has 90 valence electrons.